The van der Waals surface area contributed by atoms with Crippen molar-refractivity contribution in [1.29, 1.82) is 0 Å². The summed E-state index contributed by atoms with van der Waals surface area (Å²) >= 11 is 1.63. The van der Waals surface area contributed by atoms with Crippen LogP contribution in [0.3, 0.4) is 0 Å². The molecule has 0 aliphatic heterocycles. The van der Waals surface area contributed by atoms with E-state index in [0.717, 1.165) is 18.7 Å². The molecule has 0 aromatic rings. The van der Waals surface area contributed by atoms with Crippen LogP contribution < -0.4 is 5.32 Å². The van der Waals surface area contributed by atoms with Crippen molar-refractivity contribution < 1.29 is 4.79 Å². The average Bonchev–Trinajstić information content (AvgIpc) is 2.38. The van der Waals surface area contributed by atoms with Gasteiger partial charge in [-0.25, -0.2) is 0 Å². The highest BCUT2D eigenvalue weighted by Gasteiger charge is 2.11. The molecule has 0 fully saturated rings. The highest BCUT2D eigenvalue weighted by Crippen LogP contribution is 2.15. The number of hydrogen-bond donors (Lipinski definition) is 1. The summed E-state index contributed by atoms with van der Waals surface area (Å²) in [5, 5.41) is 2.95. The summed E-state index contributed by atoms with van der Waals surface area (Å²) in [5.74, 6) is 2.03. The van der Waals surface area contributed by atoms with Crippen LogP contribution in [0.1, 0.15) is 33.6 Å². The van der Waals surface area contributed by atoms with Crippen molar-refractivity contribution in [3.8, 4) is 0 Å². The molecule has 0 aromatic heterocycles. The van der Waals surface area contributed by atoms with Gasteiger partial charge in [0, 0.05) is 12.3 Å². The third-order valence-corrected chi connectivity index (χ3v) is 3.63. The Morgan fingerprint density at radius 3 is 2.57 bits per heavy atom. The number of nitrogens with one attached hydrogen (secondary N) is 1. The summed E-state index contributed by atoms with van der Waals surface area (Å²) in [4.78, 5) is 11.6. The van der Waals surface area contributed by atoms with Gasteiger partial charge >= 0.3 is 0 Å². The lowest BCUT2D eigenvalue weighted by Crippen LogP contribution is -2.31. The van der Waals surface area contributed by atoms with Crippen LogP contribution in [0.2, 0.25) is 0 Å². The molecular weight excluding hydrogens is 278 g/mol. The van der Waals surface area contributed by atoms with Crippen LogP contribution in [-0.4, -0.2) is 24.0 Å². The van der Waals surface area contributed by atoms with Gasteiger partial charge in [-0.2, -0.15) is 0 Å². The summed E-state index contributed by atoms with van der Waals surface area (Å²) in [7, 11) is 0. The van der Waals surface area contributed by atoms with E-state index in [2.05, 4.69) is 37.9 Å². The van der Waals surface area contributed by atoms with E-state index < -0.39 is 0 Å². The molecule has 2 nitrogen and oxygen atoms in total. The number of allylic oxidation sites excluding steroid dienone is 5. The second kappa shape index (κ2) is 13.7. The maximum atomic E-state index is 11.6. The summed E-state index contributed by atoms with van der Waals surface area (Å²) in [6, 6.07) is 0. The predicted molar refractivity (Wildman–Crippen MR) is 96.6 cm³/mol. The van der Waals surface area contributed by atoms with E-state index in [4.69, 9.17) is 0 Å². The summed E-state index contributed by atoms with van der Waals surface area (Å²) < 4.78 is 0. The Balaban J connectivity index is 0.00000122. The van der Waals surface area contributed by atoms with Gasteiger partial charge in [0.15, 0.2) is 0 Å². The number of carbonyl (C=O) groups excluding carboxylic acids is 1. The van der Waals surface area contributed by atoms with Gasteiger partial charge < -0.3 is 5.32 Å². The number of carbonyl (C=O) groups is 1. The third-order valence-electron chi connectivity index (χ3n) is 2.62. The third kappa shape index (κ3) is 11.1. The van der Waals surface area contributed by atoms with Crippen LogP contribution in [0.5, 0.6) is 0 Å². The van der Waals surface area contributed by atoms with Crippen molar-refractivity contribution in [3.05, 3.63) is 48.6 Å². The fourth-order valence-electron chi connectivity index (χ4n) is 1.55. The van der Waals surface area contributed by atoms with Crippen molar-refractivity contribution in [3.63, 3.8) is 0 Å². The monoisotopic (exact) mass is 307 g/mol. The normalized spacial score (nSPS) is 16.9. The number of hydrogen-bond acceptors (Lipinski definition) is 2. The molecule has 0 spiro atoms. The summed E-state index contributed by atoms with van der Waals surface area (Å²) in [6.07, 6.45) is 14.4. The molecule has 1 rings (SSSR count). The zero-order valence-electron chi connectivity index (χ0n) is 13.6. The highest BCUT2D eigenvalue weighted by molar-refractivity contribution is 8.00. The Morgan fingerprint density at radius 1 is 1.43 bits per heavy atom. The molecule has 0 bridgehead atoms. The molecule has 0 heterocycles. The molecule has 1 aliphatic carbocycles. The minimum Gasteiger partial charge on any atom is -0.355 e. The molecule has 1 N–H and O–H groups in total. The second-order valence-corrected chi connectivity index (χ2v) is 5.89. The lowest BCUT2D eigenvalue weighted by atomic mass is 9.95. The Kier molecular flexibility index (Phi) is 13.0. The number of amides is 1. The van der Waals surface area contributed by atoms with Crippen LogP contribution in [0.4, 0.5) is 0 Å². The van der Waals surface area contributed by atoms with Crippen LogP contribution in [0, 0.1) is 5.92 Å². The molecule has 118 valence electrons. The lowest BCUT2D eigenvalue weighted by Gasteiger charge is -2.17. The van der Waals surface area contributed by atoms with Crippen molar-refractivity contribution in [2.45, 2.75) is 33.6 Å². The molecule has 1 amide bonds. The van der Waals surface area contributed by atoms with Gasteiger partial charge in [0.25, 0.3) is 0 Å². The molecule has 0 aromatic carbocycles. The Bertz CT molecular complexity index is 383. The number of thioether (sulfide) groups is 1. The maximum absolute atomic E-state index is 11.6. The van der Waals surface area contributed by atoms with Gasteiger partial charge in [0.1, 0.15) is 0 Å². The standard InChI is InChI=1S/C15H21NOS.C3H8/c1-3-6-14(7-4-2)11-18-12-15(17)16-10-13-8-5-9-13;1-3-2/h3-8,13H,1,9-12H2,2H3,(H,16,17);3H2,1-2H3/b7-4-,14-6+;. The van der Waals surface area contributed by atoms with E-state index in [-0.39, 0.29) is 5.91 Å². The van der Waals surface area contributed by atoms with Crippen LogP contribution >= 0.6 is 11.8 Å². The molecular formula is C18H29NOS. The van der Waals surface area contributed by atoms with E-state index in [1.54, 1.807) is 17.8 Å². The van der Waals surface area contributed by atoms with E-state index in [1.165, 1.54) is 12.0 Å². The Hall–Kier alpha value is -1.22. The Labute approximate surface area is 134 Å². The van der Waals surface area contributed by atoms with Crippen LogP contribution in [-0.2, 0) is 4.79 Å². The van der Waals surface area contributed by atoms with Crippen molar-refractivity contribution in [1.82, 2.24) is 5.32 Å². The van der Waals surface area contributed by atoms with Gasteiger partial charge in [0.05, 0.1) is 5.75 Å². The Morgan fingerprint density at radius 2 is 2.10 bits per heavy atom. The van der Waals surface area contributed by atoms with Gasteiger partial charge in [0.2, 0.25) is 5.91 Å². The van der Waals surface area contributed by atoms with Crippen molar-refractivity contribution in [2.24, 2.45) is 5.92 Å². The first-order valence-electron chi connectivity index (χ1n) is 7.63. The second-order valence-electron chi connectivity index (χ2n) is 4.91. The molecule has 3 heteroatoms. The molecule has 1 unspecified atom stereocenters. The topological polar surface area (TPSA) is 29.1 Å². The van der Waals surface area contributed by atoms with Gasteiger partial charge in [-0.05, 0) is 24.8 Å². The smallest absolute Gasteiger partial charge is 0.230 e. The maximum Gasteiger partial charge on any atom is 0.230 e. The molecule has 1 atom stereocenters. The fraction of sp³-hybridized carbons (Fsp3) is 0.500. The first kappa shape index (κ1) is 19.8. The first-order chi connectivity index (χ1) is 10.2. The SMILES string of the molecule is C=C/C=C(\C=C/C)CSCC(=O)NCC1C=CC1.CCC. The first-order valence-corrected chi connectivity index (χ1v) is 8.78. The summed E-state index contributed by atoms with van der Waals surface area (Å²) in [6.45, 7) is 10.7. The zero-order valence-corrected chi connectivity index (χ0v) is 14.4. The van der Waals surface area contributed by atoms with Crippen molar-refractivity contribution >= 4 is 17.7 Å². The average molecular weight is 308 g/mol. The van der Waals surface area contributed by atoms with E-state index in [1.807, 2.05) is 25.2 Å². The van der Waals surface area contributed by atoms with Gasteiger partial charge in [-0.3, -0.25) is 4.79 Å². The fourth-order valence-corrected chi connectivity index (χ4v) is 2.37. The van der Waals surface area contributed by atoms with Gasteiger partial charge in [-0.1, -0.05) is 63.3 Å². The summed E-state index contributed by atoms with van der Waals surface area (Å²) in [5.41, 5.74) is 1.19. The molecule has 21 heavy (non-hydrogen) atoms. The van der Waals surface area contributed by atoms with E-state index in [0.29, 0.717) is 11.7 Å². The lowest BCUT2D eigenvalue weighted by molar-refractivity contribution is -0.118. The largest absolute Gasteiger partial charge is 0.355 e. The van der Waals surface area contributed by atoms with Crippen LogP contribution in [0.15, 0.2) is 48.6 Å². The highest BCUT2D eigenvalue weighted by atomic mass is 32.2. The van der Waals surface area contributed by atoms with Crippen molar-refractivity contribution in [2.75, 3.05) is 18.1 Å². The number of rotatable bonds is 8. The molecule has 0 saturated heterocycles. The zero-order chi connectivity index (χ0) is 15.9. The minimum atomic E-state index is 0.124. The predicted octanol–water partition coefficient (Wildman–Crippen LogP) is 4.52. The molecule has 1 aliphatic rings. The molecule has 0 radical (unpaired) electrons. The van der Waals surface area contributed by atoms with Gasteiger partial charge in [-0.15, -0.1) is 11.8 Å². The van der Waals surface area contributed by atoms with E-state index in [9.17, 15) is 4.79 Å². The van der Waals surface area contributed by atoms with E-state index >= 15 is 0 Å². The minimum absolute atomic E-state index is 0.124. The van der Waals surface area contributed by atoms with Crippen LogP contribution in [0.25, 0.3) is 0 Å². The molecule has 0 saturated carbocycles. The quantitative estimate of drug-likeness (QED) is 0.528.